The molecule has 6 nitrogen and oxygen atoms in total. The maximum absolute atomic E-state index is 13.2. The second-order valence-corrected chi connectivity index (χ2v) is 8.73. The molecule has 1 N–H and O–H groups in total. The van der Waals surface area contributed by atoms with E-state index in [-0.39, 0.29) is 12.4 Å². The summed E-state index contributed by atoms with van der Waals surface area (Å²) in [5, 5.41) is 16.6. The number of tetrazole rings is 1. The van der Waals surface area contributed by atoms with Crippen molar-refractivity contribution in [2.45, 2.75) is 24.7 Å². The molecule has 0 saturated heterocycles. The molecule has 0 unspecified atom stereocenters. The molecule has 33 heavy (non-hydrogen) atoms. The van der Waals surface area contributed by atoms with Gasteiger partial charge in [-0.15, -0.1) is 5.10 Å². The van der Waals surface area contributed by atoms with Gasteiger partial charge in [-0.2, -0.15) is 4.68 Å². The molecule has 1 aromatic heterocycles. The smallest absolute Gasteiger partial charge is 0.214 e. The maximum atomic E-state index is 13.2. The van der Waals surface area contributed by atoms with Crippen LogP contribution in [0, 0.1) is 5.82 Å². The minimum atomic E-state index is -0.357. The van der Waals surface area contributed by atoms with Gasteiger partial charge in [0.15, 0.2) is 0 Å². The first-order chi connectivity index (χ1) is 16.2. The van der Waals surface area contributed by atoms with Crippen LogP contribution in [0.3, 0.4) is 0 Å². The Bertz CT molecular complexity index is 1170. The lowest BCUT2D eigenvalue weighted by Gasteiger charge is -2.10. The predicted octanol–water partition coefficient (Wildman–Crippen LogP) is 5.31. The Kier molecular flexibility index (Phi) is 8.30. The fourth-order valence-electron chi connectivity index (χ4n) is 3.14. The average molecular weight is 484 g/mol. The molecule has 0 atom stereocenters. The third-order valence-corrected chi connectivity index (χ3v) is 6.17. The van der Waals surface area contributed by atoms with E-state index in [0.29, 0.717) is 5.02 Å². The Morgan fingerprint density at radius 3 is 2.76 bits per heavy atom. The number of hydrogen-bond donors (Lipinski definition) is 1. The molecular weight excluding hydrogens is 461 g/mol. The van der Waals surface area contributed by atoms with E-state index in [2.05, 4.69) is 20.8 Å². The molecule has 0 fully saturated rings. The SMILES string of the molecule is Fc1ccc(COc2cccc(CNCCCSc3nnnn3-c3ccccc3)c2)c(Cl)c1. The van der Waals surface area contributed by atoms with Crippen LogP contribution in [0.5, 0.6) is 5.75 Å². The Hall–Kier alpha value is -2.94. The summed E-state index contributed by atoms with van der Waals surface area (Å²) in [7, 11) is 0. The highest BCUT2D eigenvalue weighted by Crippen LogP contribution is 2.21. The van der Waals surface area contributed by atoms with Crippen LogP contribution in [-0.2, 0) is 13.2 Å². The highest BCUT2D eigenvalue weighted by molar-refractivity contribution is 7.99. The van der Waals surface area contributed by atoms with E-state index < -0.39 is 0 Å². The van der Waals surface area contributed by atoms with Crippen LogP contribution in [0.25, 0.3) is 5.69 Å². The standard InChI is InChI=1S/C24H23ClFN5OS/c25-23-15-20(26)11-10-19(23)17-32-22-9-4-6-18(14-22)16-27-12-5-13-33-24-28-29-30-31(24)21-7-2-1-3-8-21/h1-4,6-11,14-15,27H,5,12-13,16-17H2. The highest BCUT2D eigenvalue weighted by atomic mass is 35.5. The lowest BCUT2D eigenvalue weighted by molar-refractivity contribution is 0.306. The van der Waals surface area contributed by atoms with Crippen molar-refractivity contribution < 1.29 is 9.13 Å². The highest BCUT2D eigenvalue weighted by Gasteiger charge is 2.08. The van der Waals surface area contributed by atoms with Crippen LogP contribution < -0.4 is 10.1 Å². The molecule has 9 heteroatoms. The molecule has 0 aliphatic rings. The summed E-state index contributed by atoms with van der Waals surface area (Å²) in [5.41, 5.74) is 2.82. The predicted molar refractivity (Wildman–Crippen MR) is 128 cm³/mol. The van der Waals surface area contributed by atoms with E-state index in [9.17, 15) is 4.39 Å². The number of nitrogens with one attached hydrogen (secondary N) is 1. The van der Waals surface area contributed by atoms with Crippen LogP contribution in [0.4, 0.5) is 4.39 Å². The molecule has 0 amide bonds. The van der Waals surface area contributed by atoms with Gasteiger partial charge in [-0.3, -0.25) is 0 Å². The van der Waals surface area contributed by atoms with Gasteiger partial charge in [-0.25, -0.2) is 4.39 Å². The van der Waals surface area contributed by atoms with Crippen LogP contribution >= 0.6 is 23.4 Å². The van der Waals surface area contributed by atoms with Crippen LogP contribution in [0.15, 0.2) is 78.0 Å². The number of nitrogens with zero attached hydrogens (tertiary/aromatic N) is 4. The van der Waals surface area contributed by atoms with Gasteiger partial charge in [0, 0.05) is 17.9 Å². The molecule has 0 aliphatic heterocycles. The van der Waals surface area contributed by atoms with Gasteiger partial charge in [0.1, 0.15) is 18.2 Å². The Balaban J connectivity index is 1.18. The zero-order chi connectivity index (χ0) is 22.9. The van der Waals surface area contributed by atoms with E-state index in [1.807, 2.05) is 54.6 Å². The van der Waals surface area contributed by atoms with Gasteiger partial charge in [0.05, 0.1) is 10.7 Å². The van der Waals surface area contributed by atoms with Crippen molar-refractivity contribution in [1.29, 1.82) is 0 Å². The van der Waals surface area contributed by atoms with Crippen LogP contribution in [-0.4, -0.2) is 32.5 Å². The molecule has 0 spiro atoms. The number of ether oxygens (including phenoxy) is 1. The van der Waals surface area contributed by atoms with Crippen molar-refractivity contribution in [3.8, 4) is 11.4 Å². The number of halogens is 2. The average Bonchev–Trinajstić information content (AvgIpc) is 3.30. The minimum absolute atomic E-state index is 0.287. The fourth-order valence-corrected chi connectivity index (χ4v) is 4.19. The zero-order valence-corrected chi connectivity index (χ0v) is 19.4. The Morgan fingerprint density at radius 1 is 1.03 bits per heavy atom. The molecule has 4 rings (SSSR count). The number of thioether (sulfide) groups is 1. The van der Waals surface area contributed by atoms with E-state index in [0.717, 1.165) is 53.0 Å². The monoisotopic (exact) mass is 483 g/mol. The van der Waals surface area contributed by atoms with Gasteiger partial charge in [-0.1, -0.05) is 59.8 Å². The van der Waals surface area contributed by atoms with Crippen molar-refractivity contribution >= 4 is 23.4 Å². The fraction of sp³-hybridized carbons (Fsp3) is 0.208. The number of aromatic nitrogens is 4. The maximum Gasteiger partial charge on any atom is 0.214 e. The normalized spacial score (nSPS) is 11.0. The van der Waals surface area contributed by atoms with E-state index >= 15 is 0 Å². The summed E-state index contributed by atoms with van der Waals surface area (Å²) in [4.78, 5) is 0. The van der Waals surface area contributed by atoms with Crippen LogP contribution in [0.2, 0.25) is 5.02 Å². The van der Waals surface area contributed by atoms with Crippen LogP contribution in [0.1, 0.15) is 17.5 Å². The zero-order valence-electron chi connectivity index (χ0n) is 17.8. The summed E-state index contributed by atoms with van der Waals surface area (Å²) >= 11 is 7.70. The van der Waals surface area contributed by atoms with Crippen molar-refractivity contribution in [1.82, 2.24) is 25.5 Å². The number of para-hydroxylation sites is 1. The molecule has 0 saturated carbocycles. The molecular formula is C24H23ClFN5OS. The lowest BCUT2D eigenvalue weighted by atomic mass is 10.2. The molecule has 1 heterocycles. The summed E-state index contributed by atoms with van der Waals surface area (Å²) in [6.45, 7) is 1.90. The Morgan fingerprint density at radius 2 is 1.91 bits per heavy atom. The first-order valence-electron chi connectivity index (χ1n) is 10.5. The number of hydrogen-bond acceptors (Lipinski definition) is 6. The number of benzene rings is 3. The molecule has 3 aromatic carbocycles. The van der Waals surface area contributed by atoms with Crippen molar-refractivity contribution in [3.05, 3.63) is 94.8 Å². The summed E-state index contributed by atoms with van der Waals surface area (Å²) in [5.74, 6) is 1.30. The first kappa shape index (κ1) is 23.2. The van der Waals surface area contributed by atoms with Crippen molar-refractivity contribution in [3.63, 3.8) is 0 Å². The van der Waals surface area contributed by atoms with Gasteiger partial charge in [0.25, 0.3) is 0 Å². The van der Waals surface area contributed by atoms with Gasteiger partial charge >= 0.3 is 0 Å². The lowest BCUT2D eigenvalue weighted by Crippen LogP contribution is -2.15. The van der Waals surface area contributed by atoms with Gasteiger partial charge in [0.2, 0.25) is 5.16 Å². The third kappa shape index (κ3) is 6.77. The quantitative estimate of drug-likeness (QED) is 0.230. The Labute approximate surface area is 201 Å². The summed E-state index contributed by atoms with van der Waals surface area (Å²) in [6.07, 6.45) is 0.978. The van der Waals surface area contributed by atoms with Gasteiger partial charge < -0.3 is 10.1 Å². The molecule has 170 valence electrons. The molecule has 0 radical (unpaired) electrons. The van der Waals surface area contributed by atoms with E-state index in [1.54, 1.807) is 22.5 Å². The molecule has 0 bridgehead atoms. The van der Waals surface area contributed by atoms with Crippen molar-refractivity contribution in [2.75, 3.05) is 12.3 Å². The second kappa shape index (κ2) is 11.8. The largest absolute Gasteiger partial charge is 0.489 e. The first-order valence-corrected chi connectivity index (χ1v) is 11.9. The second-order valence-electron chi connectivity index (χ2n) is 7.26. The van der Waals surface area contributed by atoms with E-state index in [1.165, 1.54) is 12.1 Å². The molecule has 4 aromatic rings. The number of rotatable bonds is 11. The topological polar surface area (TPSA) is 64.9 Å². The third-order valence-electron chi connectivity index (χ3n) is 4.81. The summed E-state index contributed by atoms with van der Waals surface area (Å²) in [6, 6.07) is 22.1. The minimum Gasteiger partial charge on any atom is -0.489 e. The van der Waals surface area contributed by atoms with Gasteiger partial charge in [-0.05, 0) is 65.4 Å². The van der Waals surface area contributed by atoms with E-state index in [4.69, 9.17) is 16.3 Å². The molecule has 0 aliphatic carbocycles. The van der Waals surface area contributed by atoms with Crippen molar-refractivity contribution in [2.24, 2.45) is 0 Å². The summed E-state index contributed by atoms with van der Waals surface area (Å²) < 4.78 is 20.8.